The van der Waals surface area contributed by atoms with E-state index in [0.717, 1.165) is 5.17 Å². The molecule has 2 aliphatic rings. The number of aliphatic hydroxyl groups is 2. The first-order valence-electron chi connectivity index (χ1n) is 6.22. The number of hydrogen-bond donors (Lipinski definition) is 3. The van der Waals surface area contributed by atoms with Gasteiger partial charge in [0.2, 0.25) is 0 Å². The lowest BCUT2D eigenvalue weighted by Gasteiger charge is -2.37. The molecule has 9 heteroatoms. The van der Waals surface area contributed by atoms with Crippen LogP contribution in [-0.2, 0) is 9.47 Å². The first-order chi connectivity index (χ1) is 9.43. The van der Waals surface area contributed by atoms with Gasteiger partial charge in [0.05, 0.1) is 0 Å². The highest BCUT2D eigenvalue weighted by Crippen LogP contribution is 2.36. The Morgan fingerprint density at radius 1 is 1.50 bits per heavy atom. The molecule has 0 radical (unpaired) electrons. The summed E-state index contributed by atoms with van der Waals surface area (Å²) in [6.45, 7) is -0.126. The maximum atomic E-state index is 11.0. The van der Waals surface area contributed by atoms with Crippen molar-refractivity contribution >= 4 is 23.0 Å². The SMILES string of the molecule is CNC(=O)OC[C@H]1O[C@@H]2SC(N(C)C)=N[C@@H]2[C@@H](O)[C@H]1O. The van der Waals surface area contributed by atoms with E-state index in [1.807, 2.05) is 19.0 Å². The molecule has 1 amide bonds. The number of fused-ring (bicyclic) bond motifs is 1. The number of alkyl carbamates (subject to hydrolysis) is 1. The minimum absolute atomic E-state index is 0.126. The number of nitrogens with zero attached hydrogens (tertiary/aromatic N) is 2. The summed E-state index contributed by atoms with van der Waals surface area (Å²) in [5.41, 5.74) is -0.385. The molecule has 114 valence electrons. The number of aliphatic hydroxyl groups excluding tert-OH is 2. The zero-order chi connectivity index (χ0) is 14.9. The van der Waals surface area contributed by atoms with E-state index >= 15 is 0 Å². The first-order valence-corrected chi connectivity index (χ1v) is 7.10. The van der Waals surface area contributed by atoms with E-state index < -0.39 is 30.4 Å². The maximum absolute atomic E-state index is 11.0. The molecule has 20 heavy (non-hydrogen) atoms. The highest BCUT2D eigenvalue weighted by Gasteiger charge is 2.48. The van der Waals surface area contributed by atoms with Gasteiger partial charge in [-0.25, -0.2) is 4.79 Å². The molecule has 5 atom stereocenters. The highest BCUT2D eigenvalue weighted by atomic mass is 32.2. The van der Waals surface area contributed by atoms with Crippen molar-refractivity contribution in [3.8, 4) is 0 Å². The topological polar surface area (TPSA) is 104 Å². The van der Waals surface area contributed by atoms with Crippen molar-refractivity contribution in [3.05, 3.63) is 0 Å². The number of carbonyl (C=O) groups is 1. The summed E-state index contributed by atoms with van der Waals surface area (Å²) in [5, 5.41) is 23.2. The standard InChI is InChI=1S/C11H19N3O5S/c1-12-11(17)18-4-5-7(15)8(16)6-9(19-5)20-10(13-6)14(2)3/h5-9,15-16H,4H2,1-3H3,(H,12,17)/t5-,6-,7+,8-,9-/m1/s1. The lowest BCUT2D eigenvalue weighted by Crippen LogP contribution is -2.56. The van der Waals surface area contributed by atoms with Gasteiger partial charge in [0.1, 0.15) is 36.4 Å². The van der Waals surface area contributed by atoms with Crippen molar-refractivity contribution in [1.82, 2.24) is 10.2 Å². The summed E-state index contributed by atoms with van der Waals surface area (Å²) >= 11 is 1.38. The van der Waals surface area contributed by atoms with E-state index in [1.165, 1.54) is 18.8 Å². The van der Waals surface area contributed by atoms with Crippen LogP contribution in [-0.4, -0.2) is 83.9 Å². The molecule has 0 saturated carbocycles. The number of amides is 1. The molecule has 0 unspecified atom stereocenters. The fourth-order valence-electron chi connectivity index (χ4n) is 2.00. The number of thioether (sulfide) groups is 1. The molecule has 1 saturated heterocycles. The van der Waals surface area contributed by atoms with Crippen LogP contribution in [0.1, 0.15) is 0 Å². The van der Waals surface area contributed by atoms with Gasteiger partial charge in [-0.15, -0.1) is 0 Å². The summed E-state index contributed by atoms with van der Waals surface area (Å²) in [7, 11) is 5.13. The average molecular weight is 305 g/mol. The Bertz CT molecular complexity index is 406. The minimum atomic E-state index is -1.15. The van der Waals surface area contributed by atoms with E-state index in [9.17, 15) is 15.0 Å². The van der Waals surface area contributed by atoms with Crippen LogP contribution in [0.2, 0.25) is 0 Å². The molecule has 0 bridgehead atoms. The number of carbonyl (C=O) groups excluding carboxylic acids is 1. The summed E-state index contributed by atoms with van der Waals surface area (Å²) in [6.07, 6.45) is -3.57. The first kappa shape index (κ1) is 15.4. The summed E-state index contributed by atoms with van der Waals surface area (Å²) in [6, 6.07) is -0.511. The highest BCUT2D eigenvalue weighted by molar-refractivity contribution is 8.14. The Morgan fingerprint density at radius 2 is 2.20 bits per heavy atom. The molecule has 1 fully saturated rings. The molecule has 2 rings (SSSR count). The van der Waals surface area contributed by atoms with E-state index in [0.29, 0.717) is 0 Å². The molecule has 3 N–H and O–H groups in total. The largest absolute Gasteiger partial charge is 0.447 e. The Morgan fingerprint density at radius 3 is 2.80 bits per heavy atom. The predicted octanol–water partition coefficient (Wildman–Crippen LogP) is -1.18. The number of rotatable bonds is 2. The molecule has 8 nitrogen and oxygen atoms in total. The molecule has 0 aliphatic carbocycles. The van der Waals surface area contributed by atoms with E-state index in [2.05, 4.69) is 10.3 Å². The van der Waals surface area contributed by atoms with Crippen molar-refractivity contribution in [2.24, 2.45) is 4.99 Å². The summed E-state index contributed by atoms with van der Waals surface area (Å²) < 4.78 is 10.5. The van der Waals surface area contributed by atoms with Gasteiger partial charge in [0.15, 0.2) is 5.17 Å². The monoisotopic (exact) mass is 305 g/mol. The van der Waals surface area contributed by atoms with Crippen molar-refractivity contribution in [3.63, 3.8) is 0 Å². The van der Waals surface area contributed by atoms with Crippen LogP contribution in [0.3, 0.4) is 0 Å². The van der Waals surface area contributed by atoms with Gasteiger partial charge < -0.3 is 29.9 Å². The van der Waals surface area contributed by atoms with Gasteiger partial charge in [-0.05, 0) is 0 Å². The number of amidine groups is 1. The molecule has 2 heterocycles. The zero-order valence-electron chi connectivity index (χ0n) is 11.5. The Labute approximate surface area is 121 Å². The van der Waals surface area contributed by atoms with Gasteiger partial charge >= 0.3 is 6.09 Å². The fraction of sp³-hybridized carbons (Fsp3) is 0.818. The predicted molar refractivity (Wildman–Crippen MR) is 73.6 cm³/mol. The number of nitrogens with one attached hydrogen (secondary N) is 1. The van der Waals surface area contributed by atoms with Gasteiger partial charge in [0.25, 0.3) is 0 Å². The molecule has 0 aromatic carbocycles. The van der Waals surface area contributed by atoms with Crippen LogP contribution in [0.5, 0.6) is 0 Å². The molecule has 2 aliphatic heterocycles. The van der Waals surface area contributed by atoms with Crippen LogP contribution >= 0.6 is 11.8 Å². The van der Waals surface area contributed by atoms with Crippen LogP contribution in [0, 0.1) is 0 Å². The number of hydrogen-bond acceptors (Lipinski definition) is 8. The van der Waals surface area contributed by atoms with Crippen molar-refractivity contribution in [2.45, 2.75) is 29.8 Å². The van der Waals surface area contributed by atoms with Gasteiger partial charge in [0, 0.05) is 21.1 Å². The third-order valence-electron chi connectivity index (χ3n) is 3.11. The Kier molecular flexibility index (Phi) is 4.74. The second-order valence-corrected chi connectivity index (χ2v) is 5.85. The fourth-order valence-corrected chi connectivity index (χ4v) is 3.16. The van der Waals surface area contributed by atoms with E-state index in [1.54, 1.807) is 0 Å². The second-order valence-electron chi connectivity index (χ2n) is 4.79. The van der Waals surface area contributed by atoms with Crippen LogP contribution in [0.4, 0.5) is 4.79 Å². The normalized spacial score (nSPS) is 36.0. The minimum Gasteiger partial charge on any atom is -0.447 e. The number of ether oxygens (including phenoxy) is 2. The maximum Gasteiger partial charge on any atom is 0.406 e. The van der Waals surface area contributed by atoms with Crippen LogP contribution in [0.25, 0.3) is 0 Å². The van der Waals surface area contributed by atoms with Crippen molar-refractivity contribution < 1.29 is 24.5 Å². The zero-order valence-corrected chi connectivity index (χ0v) is 12.3. The lowest BCUT2D eigenvalue weighted by atomic mass is 9.99. The molecule has 0 aromatic heterocycles. The lowest BCUT2D eigenvalue weighted by molar-refractivity contribution is -0.164. The van der Waals surface area contributed by atoms with Crippen molar-refractivity contribution in [1.29, 1.82) is 0 Å². The molecular weight excluding hydrogens is 286 g/mol. The van der Waals surface area contributed by atoms with Crippen LogP contribution in [0.15, 0.2) is 4.99 Å². The number of aliphatic imine (C=N–C) groups is 1. The van der Waals surface area contributed by atoms with Gasteiger partial charge in [-0.1, -0.05) is 11.8 Å². The molecule has 0 aromatic rings. The van der Waals surface area contributed by atoms with Crippen LogP contribution < -0.4 is 5.32 Å². The smallest absolute Gasteiger partial charge is 0.406 e. The third-order valence-corrected chi connectivity index (χ3v) is 4.42. The van der Waals surface area contributed by atoms with E-state index in [4.69, 9.17) is 9.47 Å². The average Bonchev–Trinajstić information content (AvgIpc) is 2.85. The third kappa shape index (κ3) is 3.00. The van der Waals surface area contributed by atoms with Crippen molar-refractivity contribution in [2.75, 3.05) is 27.7 Å². The molecule has 0 spiro atoms. The molecular formula is C11H19N3O5S. The Hall–Kier alpha value is -1.03. The summed E-state index contributed by atoms with van der Waals surface area (Å²) in [4.78, 5) is 17.2. The summed E-state index contributed by atoms with van der Waals surface area (Å²) in [5.74, 6) is 0. The van der Waals surface area contributed by atoms with Gasteiger partial charge in [-0.2, -0.15) is 0 Å². The Balaban J connectivity index is 2.00. The second kappa shape index (κ2) is 6.17. The van der Waals surface area contributed by atoms with Gasteiger partial charge in [-0.3, -0.25) is 4.99 Å². The van der Waals surface area contributed by atoms with E-state index in [-0.39, 0.29) is 12.0 Å². The quantitative estimate of drug-likeness (QED) is 0.590.